The van der Waals surface area contributed by atoms with Crippen LogP contribution in [-0.4, -0.2) is 73.9 Å². The Labute approximate surface area is 149 Å². The second kappa shape index (κ2) is 7.72. The number of likely N-dealkylation sites (N-methyl/N-ethyl adjacent to an activating group) is 1. The molecule has 0 bridgehead atoms. The highest BCUT2D eigenvalue weighted by atomic mass is 16.5. The first kappa shape index (κ1) is 18.2. The molecule has 2 heterocycles. The molecule has 0 aliphatic carbocycles. The second-order valence-electron chi connectivity index (χ2n) is 7.30. The van der Waals surface area contributed by atoms with Gasteiger partial charge in [0.05, 0.1) is 25.9 Å². The number of hydrogen-bond acceptors (Lipinski definition) is 5. The molecule has 1 spiro atoms. The first-order valence-corrected chi connectivity index (χ1v) is 8.89. The third-order valence-electron chi connectivity index (χ3n) is 4.57. The highest BCUT2D eigenvalue weighted by molar-refractivity contribution is 5.77. The summed E-state index contributed by atoms with van der Waals surface area (Å²) in [6.07, 6.45) is 0.180. The van der Waals surface area contributed by atoms with Crippen LogP contribution in [0.3, 0.4) is 0 Å². The third-order valence-corrected chi connectivity index (χ3v) is 4.57. The summed E-state index contributed by atoms with van der Waals surface area (Å²) in [6, 6.07) is 8.26. The topological polar surface area (TPSA) is 51.2 Å². The summed E-state index contributed by atoms with van der Waals surface area (Å²) in [4.78, 5) is 15.9. The van der Waals surface area contributed by atoms with Gasteiger partial charge in [-0.2, -0.15) is 0 Å². The lowest BCUT2D eigenvalue weighted by Gasteiger charge is -2.42. The van der Waals surface area contributed by atoms with E-state index < -0.39 is 5.60 Å². The van der Waals surface area contributed by atoms with Gasteiger partial charge in [0.15, 0.2) is 0 Å². The number of carbonyl (C=O) groups excluding carboxylic acids is 1. The Balaban J connectivity index is 1.62. The molecule has 1 atom stereocenters. The minimum atomic E-state index is -0.431. The summed E-state index contributed by atoms with van der Waals surface area (Å²) in [6.45, 7) is 8.36. The van der Waals surface area contributed by atoms with Crippen molar-refractivity contribution in [2.24, 2.45) is 0 Å². The standard InChI is InChI=1S/C19H28N2O4/c1-15(2)25-17-6-4-16(5-7-17)10-21-8-9-24-19(13-21)12-20(3)18(22)11-23-14-19/h4-7,15H,8-14H2,1-3H3. The summed E-state index contributed by atoms with van der Waals surface area (Å²) in [7, 11) is 1.81. The van der Waals surface area contributed by atoms with Gasteiger partial charge in [0.2, 0.25) is 5.91 Å². The zero-order valence-electron chi connectivity index (χ0n) is 15.4. The van der Waals surface area contributed by atoms with E-state index in [1.807, 2.05) is 33.0 Å². The smallest absolute Gasteiger partial charge is 0.248 e. The molecule has 1 aromatic rings. The van der Waals surface area contributed by atoms with Crippen LogP contribution < -0.4 is 4.74 Å². The number of morpholine rings is 1. The first-order valence-electron chi connectivity index (χ1n) is 8.89. The number of ether oxygens (including phenoxy) is 3. The monoisotopic (exact) mass is 348 g/mol. The number of rotatable bonds is 4. The van der Waals surface area contributed by atoms with Crippen molar-refractivity contribution in [2.45, 2.75) is 32.1 Å². The predicted molar refractivity (Wildman–Crippen MR) is 94.6 cm³/mol. The number of carbonyl (C=O) groups is 1. The van der Waals surface area contributed by atoms with Crippen LogP contribution in [0.15, 0.2) is 24.3 Å². The maximum absolute atomic E-state index is 11.8. The average molecular weight is 348 g/mol. The molecule has 0 radical (unpaired) electrons. The molecule has 2 fully saturated rings. The third kappa shape index (κ3) is 4.71. The van der Waals surface area contributed by atoms with E-state index >= 15 is 0 Å². The summed E-state index contributed by atoms with van der Waals surface area (Å²) < 4.78 is 17.3. The van der Waals surface area contributed by atoms with Crippen molar-refractivity contribution in [1.29, 1.82) is 0 Å². The molecule has 25 heavy (non-hydrogen) atoms. The lowest BCUT2D eigenvalue weighted by atomic mass is 10.0. The largest absolute Gasteiger partial charge is 0.491 e. The van der Waals surface area contributed by atoms with E-state index in [4.69, 9.17) is 14.2 Å². The van der Waals surface area contributed by atoms with Gasteiger partial charge in [0.25, 0.3) is 0 Å². The average Bonchev–Trinajstić information content (AvgIpc) is 2.68. The number of benzene rings is 1. The molecule has 0 N–H and O–H groups in total. The lowest BCUT2D eigenvalue weighted by molar-refractivity contribution is -0.143. The van der Waals surface area contributed by atoms with E-state index in [9.17, 15) is 4.79 Å². The molecular formula is C19H28N2O4. The maximum atomic E-state index is 11.8. The van der Waals surface area contributed by atoms with Crippen molar-refractivity contribution in [2.75, 3.05) is 46.5 Å². The van der Waals surface area contributed by atoms with E-state index in [0.29, 0.717) is 19.8 Å². The van der Waals surface area contributed by atoms with Gasteiger partial charge in [0.1, 0.15) is 18.0 Å². The maximum Gasteiger partial charge on any atom is 0.248 e. The molecule has 6 nitrogen and oxygen atoms in total. The van der Waals surface area contributed by atoms with Gasteiger partial charge in [-0.25, -0.2) is 0 Å². The van der Waals surface area contributed by atoms with Crippen LogP contribution in [0.25, 0.3) is 0 Å². The Morgan fingerprint density at radius 1 is 1.24 bits per heavy atom. The van der Waals surface area contributed by atoms with E-state index in [1.54, 1.807) is 4.90 Å². The predicted octanol–water partition coefficient (Wildman–Crippen LogP) is 1.53. The van der Waals surface area contributed by atoms with Crippen molar-refractivity contribution in [1.82, 2.24) is 9.80 Å². The van der Waals surface area contributed by atoms with Crippen molar-refractivity contribution in [3.05, 3.63) is 29.8 Å². The Bertz CT molecular complexity index is 590. The van der Waals surface area contributed by atoms with Gasteiger partial charge in [-0.05, 0) is 31.5 Å². The SMILES string of the molecule is CC(C)Oc1ccc(CN2CCOC3(COCC(=O)N(C)C3)C2)cc1. The molecule has 2 aliphatic heterocycles. The minimum absolute atomic E-state index is 0.0124. The van der Waals surface area contributed by atoms with Gasteiger partial charge in [-0.3, -0.25) is 9.69 Å². The Morgan fingerprint density at radius 3 is 2.72 bits per heavy atom. The molecule has 3 rings (SSSR count). The zero-order valence-corrected chi connectivity index (χ0v) is 15.4. The second-order valence-corrected chi connectivity index (χ2v) is 7.30. The molecular weight excluding hydrogens is 320 g/mol. The van der Waals surface area contributed by atoms with Gasteiger partial charge < -0.3 is 19.1 Å². The minimum Gasteiger partial charge on any atom is -0.491 e. The summed E-state index contributed by atoms with van der Waals surface area (Å²) in [5.74, 6) is 0.910. The molecule has 2 aliphatic rings. The van der Waals surface area contributed by atoms with Crippen LogP contribution in [0, 0.1) is 0 Å². The van der Waals surface area contributed by atoms with Crippen LogP contribution in [0.1, 0.15) is 19.4 Å². The number of hydrogen-bond donors (Lipinski definition) is 0. The zero-order chi connectivity index (χ0) is 17.9. The van der Waals surface area contributed by atoms with Crippen molar-refractivity contribution in [3.63, 3.8) is 0 Å². The quantitative estimate of drug-likeness (QED) is 0.826. The highest BCUT2D eigenvalue weighted by Gasteiger charge is 2.41. The van der Waals surface area contributed by atoms with E-state index in [-0.39, 0.29) is 18.6 Å². The van der Waals surface area contributed by atoms with Crippen LogP contribution in [0.2, 0.25) is 0 Å². The summed E-state index contributed by atoms with van der Waals surface area (Å²) >= 11 is 0. The van der Waals surface area contributed by atoms with E-state index in [2.05, 4.69) is 17.0 Å². The molecule has 138 valence electrons. The van der Waals surface area contributed by atoms with Gasteiger partial charge >= 0.3 is 0 Å². The molecule has 1 unspecified atom stereocenters. The lowest BCUT2D eigenvalue weighted by Crippen LogP contribution is -2.58. The van der Waals surface area contributed by atoms with E-state index in [0.717, 1.165) is 25.4 Å². The van der Waals surface area contributed by atoms with Crippen molar-refractivity contribution >= 4 is 5.91 Å². The number of amides is 1. The van der Waals surface area contributed by atoms with Gasteiger partial charge in [-0.15, -0.1) is 0 Å². The molecule has 1 aromatic carbocycles. The van der Waals surface area contributed by atoms with Gasteiger partial charge in [-0.1, -0.05) is 12.1 Å². The van der Waals surface area contributed by atoms with Crippen LogP contribution in [-0.2, 0) is 20.8 Å². The molecule has 0 saturated carbocycles. The first-order chi connectivity index (χ1) is 12.0. The van der Waals surface area contributed by atoms with Crippen molar-refractivity contribution in [3.8, 4) is 5.75 Å². The fourth-order valence-electron chi connectivity index (χ4n) is 3.45. The van der Waals surface area contributed by atoms with Crippen LogP contribution >= 0.6 is 0 Å². The van der Waals surface area contributed by atoms with Crippen molar-refractivity contribution < 1.29 is 19.0 Å². The Hall–Kier alpha value is -1.63. The fourth-order valence-corrected chi connectivity index (χ4v) is 3.45. The molecule has 0 aromatic heterocycles. The Kier molecular flexibility index (Phi) is 5.61. The fraction of sp³-hybridized carbons (Fsp3) is 0.632. The molecule has 2 saturated heterocycles. The summed E-state index contributed by atoms with van der Waals surface area (Å²) in [5, 5.41) is 0. The normalized spacial score (nSPS) is 25.4. The molecule has 6 heteroatoms. The highest BCUT2D eigenvalue weighted by Crippen LogP contribution is 2.24. The van der Waals surface area contributed by atoms with Gasteiger partial charge in [0, 0.05) is 26.7 Å². The number of nitrogens with zero attached hydrogens (tertiary/aromatic N) is 2. The Morgan fingerprint density at radius 2 is 2.00 bits per heavy atom. The summed E-state index contributed by atoms with van der Waals surface area (Å²) in [5.41, 5.74) is 0.812. The van der Waals surface area contributed by atoms with Crippen LogP contribution in [0.5, 0.6) is 5.75 Å². The van der Waals surface area contributed by atoms with E-state index in [1.165, 1.54) is 5.56 Å². The van der Waals surface area contributed by atoms with Crippen LogP contribution in [0.4, 0.5) is 0 Å². The molecule has 1 amide bonds.